The first-order valence-electron chi connectivity index (χ1n) is 8.24. The van der Waals surface area contributed by atoms with E-state index in [4.69, 9.17) is 18.9 Å². The fraction of sp³-hybridized carbons (Fsp3) is 0.647. The summed E-state index contributed by atoms with van der Waals surface area (Å²) in [4.78, 5) is 10.1. The highest BCUT2D eigenvalue weighted by atomic mass is 16.6. The summed E-state index contributed by atoms with van der Waals surface area (Å²) in [6.45, 7) is 8.09. The van der Waals surface area contributed by atoms with E-state index in [9.17, 15) is 10.1 Å². The molecule has 136 valence electrons. The zero-order valence-corrected chi connectivity index (χ0v) is 14.4. The normalized spacial score (nSPS) is 12.1. The van der Waals surface area contributed by atoms with E-state index >= 15 is 0 Å². The van der Waals surface area contributed by atoms with Crippen LogP contribution in [0.25, 0.3) is 0 Å². The first kappa shape index (κ1) is 20.3. The summed E-state index contributed by atoms with van der Waals surface area (Å²) in [7, 11) is 0. The third kappa shape index (κ3) is 9.44. The monoisotopic (exact) mass is 341 g/mol. The van der Waals surface area contributed by atoms with Gasteiger partial charge in [-0.15, -0.1) is 0 Å². The van der Waals surface area contributed by atoms with E-state index in [0.29, 0.717) is 51.3 Å². The average Bonchev–Trinajstić information content (AvgIpc) is 2.59. The maximum absolute atomic E-state index is 10.5. The molecule has 1 atom stereocenters. The lowest BCUT2D eigenvalue weighted by atomic mass is 10.1. The van der Waals surface area contributed by atoms with Crippen LogP contribution in [0.1, 0.15) is 20.3 Å². The number of nitrogens with zero attached hydrogens (tertiary/aromatic N) is 1. The quantitative estimate of drug-likeness (QED) is 0.294. The molecule has 0 radical (unpaired) electrons. The number of rotatable bonds is 14. The average molecular weight is 341 g/mol. The minimum atomic E-state index is -0.442. The molecule has 1 aromatic rings. The number of nitro benzene ring substituents is 1. The van der Waals surface area contributed by atoms with Crippen molar-refractivity contribution in [1.82, 2.24) is 0 Å². The van der Waals surface area contributed by atoms with Gasteiger partial charge in [-0.05, 0) is 18.1 Å². The molecule has 0 fully saturated rings. The number of hydrogen-bond acceptors (Lipinski definition) is 6. The molecule has 0 N–H and O–H groups in total. The standard InChI is InChI=1S/C17H27NO6/c1-3-15(2)14-23-11-10-21-8-9-22-12-13-24-17-6-4-16(5-7-17)18(19)20/h4-7,15H,3,8-14H2,1-2H3. The van der Waals surface area contributed by atoms with E-state index in [-0.39, 0.29) is 5.69 Å². The lowest BCUT2D eigenvalue weighted by Gasteiger charge is -2.10. The van der Waals surface area contributed by atoms with Gasteiger partial charge >= 0.3 is 0 Å². The summed E-state index contributed by atoms with van der Waals surface area (Å²) in [5.74, 6) is 1.17. The van der Waals surface area contributed by atoms with Crippen molar-refractivity contribution in [3.63, 3.8) is 0 Å². The Kier molecular flexibility index (Phi) is 10.8. The SMILES string of the molecule is CCC(C)COCCOCCOCCOc1ccc([N+](=O)[O-])cc1. The van der Waals surface area contributed by atoms with Gasteiger partial charge in [0, 0.05) is 18.7 Å². The second-order valence-electron chi connectivity index (χ2n) is 5.41. The Bertz CT molecular complexity index is 451. The Hall–Kier alpha value is -1.70. The van der Waals surface area contributed by atoms with Crippen molar-refractivity contribution >= 4 is 5.69 Å². The topological polar surface area (TPSA) is 80.1 Å². The van der Waals surface area contributed by atoms with Gasteiger partial charge in [0.2, 0.25) is 0 Å². The van der Waals surface area contributed by atoms with Gasteiger partial charge in [0.05, 0.1) is 38.0 Å². The van der Waals surface area contributed by atoms with Crippen LogP contribution < -0.4 is 4.74 Å². The minimum Gasteiger partial charge on any atom is -0.491 e. The zero-order valence-electron chi connectivity index (χ0n) is 14.4. The number of benzene rings is 1. The molecule has 0 aromatic heterocycles. The zero-order chi connectivity index (χ0) is 17.6. The van der Waals surface area contributed by atoms with Crippen molar-refractivity contribution in [2.45, 2.75) is 20.3 Å². The van der Waals surface area contributed by atoms with E-state index in [1.807, 2.05) is 0 Å². The van der Waals surface area contributed by atoms with E-state index in [0.717, 1.165) is 13.0 Å². The lowest BCUT2D eigenvalue weighted by molar-refractivity contribution is -0.384. The largest absolute Gasteiger partial charge is 0.491 e. The third-order valence-corrected chi connectivity index (χ3v) is 3.39. The molecule has 7 nitrogen and oxygen atoms in total. The van der Waals surface area contributed by atoms with Gasteiger partial charge in [0.25, 0.3) is 5.69 Å². The fourth-order valence-electron chi connectivity index (χ4n) is 1.72. The van der Waals surface area contributed by atoms with Gasteiger partial charge < -0.3 is 18.9 Å². The van der Waals surface area contributed by atoms with Gasteiger partial charge in [-0.3, -0.25) is 10.1 Å². The number of nitro groups is 1. The maximum atomic E-state index is 10.5. The molecule has 7 heteroatoms. The van der Waals surface area contributed by atoms with E-state index < -0.39 is 4.92 Å². The summed E-state index contributed by atoms with van der Waals surface area (Å²) in [6.07, 6.45) is 1.12. The lowest BCUT2D eigenvalue weighted by Crippen LogP contribution is -2.14. The first-order valence-corrected chi connectivity index (χ1v) is 8.24. The molecular formula is C17H27NO6. The maximum Gasteiger partial charge on any atom is 0.269 e. The van der Waals surface area contributed by atoms with Gasteiger partial charge in [-0.25, -0.2) is 0 Å². The molecule has 0 saturated heterocycles. The van der Waals surface area contributed by atoms with E-state index in [1.54, 1.807) is 12.1 Å². The second kappa shape index (κ2) is 12.7. The van der Waals surface area contributed by atoms with Crippen LogP contribution in [-0.4, -0.2) is 51.2 Å². The number of hydrogen-bond donors (Lipinski definition) is 0. The van der Waals surface area contributed by atoms with Crippen molar-refractivity contribution in [3.05, 3.63) is 34.4 Å². The summed E-state index contributed by atoms with van der Waals surface area (Å²) in [5.41, 5.74) is 0.0453. The van der Waals surface area contributed by atoms with Crippen LogP contribution >= 0.6 is 0 Å². The molecule has 0 saturated carbocycles. The number of non-ortho nitro benzene ring substituents is 1. The van der Waals surface area contributed by atoms with Crippen LogP contribution in [0, 0.1) is 16.0 Å². The van der Waals surface area contributed by atoms with Gasteiger partial charge in [0.1, 0.15) is 12.4 Å². The van der Waals surface area contributed by atoms with Gasteiger partial charge in [-0.1, -0.05) is 20.3 Å². The Morgan fingerprint density at radius 2 is 1.50 bits per heavy atom. The summed E-state index contributed by atoms with van der Waals surface area (Å²) >= 11 is 0. The highest BCUT2D eigenvalue weighted by Gasteiger charge is 2.04. The molecule has 1 unspecified atom stereocenters. The second-order valence-corrected chi connectivity index (χ2v) is 5.41. The molecule has 0 spiro atoms. The molecule has 0 heterocycles. The third-order valence-electron chi connectivity index (χ3n) is 3.39. The Balaban J connectivity index is 1.91. The minimum absolute atomic E-state index is 0.0453. The molecule has 0 aliphatic rings. The summed E-state index contributed by atoms with van der Waals surface area (Å²) < 4.78 is 21.7. The molecule has 0 bridgehead atoms. The van der Waals surface area contributed by atoms with Crippen molar-refractivity contribution in [1.29, 1.82) is 0 Å². The highest BCUT2D eigenvalue weighted by Crippen LogP contribution is 2.16. The molecular weight excluding hydrogens is 314 g/mol. The molecule has 0 aliphatic carbocycles. The number of ether oxygens (including phenoxy) is 4. The van der Waals surface area contributed by atoms with E-state index in [2.05, 4.69) is 13.8 Å². The Morgan fingerprint density at radius 3 is 2.04 bits per heavy atom. The van der Waals surface area contributed by atoms with Crippen LogP contribution in [0.5, 0.6) is 5.75 Å². The molecule has 0 amide bonds. The van der Waals surface area contributed by atoms with Crippen LogP contribution in [-0.2, 0) is 14.2 Å². The molecule has 0 aliphatic heterocycles. The van der Waals surface area contributed by atoms with Crippen molar-refractivity contribution in [2.75, 3.05) is 46.2 Å². The van der Waals surface area contributed by atoms with Crippen LogP contribution in [0.15, 0.2) is 24.3 Å². The predicted molar refractivity (Wildman–Crippen MR) is 90.5 cm³/mol. The Labute approximate surface area is 143 Å². The summed E-state index contributed by atoms with van der Waals surface area (Å²) in [5, 5.41) is 10.5. The van der Waals surface area contributed by atoms with Gasteiger partial charge in [0.15, 0.2) is 0 Å². The van der Waals surface area contributed by atoms with E-state index in [1.165, 1.54) is 12.1 Å². The predicted octanol–water partition coefficient (Wildman–Crippen LogP) is 3.07. The summed E-state index contributed by atoms with van der Waals surface area (Å²) in [6, 6.07) is 5.96. The van der Waals surface area contributed by atoms with Crippen molar-refractivity contribution in [2.24, 2.45) is 5.92 Å². The van der Waals surface area contributed by atoms with Crippen molar-refractivity contribution in [3.8, 4) is 5.75 Å². The van der Waals surface area contributed by atoms with Crippen molar-refractivity contribution < 1.29 is 23.9 Å². The molecule has 1 rings (SSSR count). The van der Waals surface area contributed by atoms with Crippen LogP contribution in [0.3, 0.4) is 0 Å². The highest BCUT2D eigenvalue weighted by molar-refractivity contribution is 5.35. The molecule has 24 heavy (non-hydrogen) atoms. The van der Waals surface area contributed by atoms with Crippen LogP contribution in [0.2, 0.25) is 0 Å². The van der Waals surface area contributed by atoms with Gasteiger partial charge in [-0.2, -0.15) is 0 Å². The Morgan fingerprint density at radius 1 is 0.958 bits per heavy atom. The first-order chi connectivity index (χ1) is 11.6. The molecule has 1 aromatic carbocycles. The fourth-order valence-corrected chi connectivity index (χ4v) is 1.72. The smallest absolute Gasteiger partial charge is 0.269 e. The van der Waals surface area contributed by atoms with Crippen LogP contribution in [0.4, 0.5) is 5.69 Å².